The number of nitrogens with zero attached hydrogens (tertiary/aromatic N) is 1. The van der Waals surface area contributed by atoms with Gasteiger partial charge in [0, 0.05) is 11.1 Å². The van der Waals surface area contributed by atoms with Gasteiger partial charge < -0.3 is 5.32 Å². The Morgan fingerprint density at radius 2 is 1.68 bits per heavy atom. The molecular weight excluding hydrogens is 324 g/mol. The number of hydrogen-bond donors (Lipinski definition) is 2. The topological polar surface area (TPSA) is 57.8 Å². The van der Waals surface area contributed by atoms with Gasteiger partial charge in [0.2, 0.25) is 0 Å². The van der Waals surface area contributed by atoms with E-state index in [0.29, 0.717) is 16.8 Å². The van der Waals surface area contributed by atoms with Crippen molar-refractivity contribution in [3.8, 4) is 23.1 Å². The molecule has 1 aromatic heterocycles. The van der Waals surface area contributed by atoms with Crippen molar-refractivity contribution in [2.45, 2.75) is 0 Å². The molecule has 0 saturated heterocycles. The minimum atomic E-state index is -0.353. The number of carbonyl (C=O) groups excluding carboxylic acids is 1. The Bertz CT molecular complexity index is 935. The predicted molar refractivity (Wildman–Crippen MR) is 89.6 cm³/mol. The molecule has 1 heterocycles. The summed E-state index contributed by atoms with van der Waals surface area (Å²) in [7, 11) is 0. The molecule has 0 bridgehead atoms. The van der Waals surface area contributed by atoms with E-state index in [1.54, 1.807) is 30.3 Å². The van der Waals surface area contributed by atoms with Crippen molar-refractivity contribution in [1.29, 1.82) is 0 Å². The van der Waals surface area contributed by atoms with Crippen molar-refractivity contribution in [2.75, 3.05) is 6.54 Å². The van der Waals surface area contributed by atoms with Crippen molar-refractivity contribution in [3.63, 3.8) is 0 Å². The summed E-state index contributed by atoms with van der Waals surface area (Å²) in [4.78, 5) is 12.0. The van der Waals surface area contributed by atoms with Gasteiger partial charge in [-0.2, -0.15) is 5.10 Å². The lowest BCUT2D eigenvalue weighted by Gasteiger charge is -1.97. The normalized spacial score (nSPS) is 10.0. The van der Waals surface area contributed by atoms with E-state index < -0.39 is 0 Å². The van der Waals surface area contributed by atoms with Gasteiger partial charge in [0.05, 0.1) is 12.2 Å². The smallest absolute Gasteiger partial charge is 0.270 e. The van der Waals surface area contributed by atoms with Crippen LogP contribution in [0.1, 0.15) is 16.1 Å². The number of carbonyl (C=O) groups is 1. The molecule has 0 spiro atoms. The van der Waals surface area contributed by atoms with E-state index >= 15 is 0 Å². The Morgan fingerprint density at radius 1 is 1.04 bits per heavy atom. The lowest BCUT2D eigenvalue weighted by Crippen LogP contribution is -2.23. The summed E-state index contributed by atoms with van der Waals surface area (Å²) in [5.74, 6) is 4.60. The van der Waals surface area contributed by atoms with Crippen molar-refractivity contribution in [1.82, 2.24) is 15.5 Å². The molecule has 1 amide bonds. The van der Waals surface area contributed by atoms with Crippen LogP contribution in [-0.2, 0) is 0 Å². The van der Waals surface area contributed by atoms with Crippen LogP contribution in [0.3, 0.4) is 0 Å². The van der Waals surface area contributed by atoms with Crippen LogP contribution in [-0.4, -0.2) is 22.6 Å². The van der Waals surface area contributed by atoms with Gasteiger partial charge in [-0.3, -0.25) is 9.89 Å². The molecule has 0 aliphatic carbocycles. The Kier molecular flexibility index (Phi) is 4.86. The van der Waals surface area contributed by atoms with E-state index in [4.69, 9.17) is 0 Å². The monoisotopic (exact) mass is 337 g/mol. The highest BCUT2D eigenvalue weighted by molar-refractivity contribution is 5.93. The molecule has 0 fully saturated rings. The van der Waals surface area contributed by atoms with Crippen LogP contribution in [0.15, 0.2) is 54.6 Å². The number of benzene rings is 2. The van der Waals surface area contributed by atoms with Gasteiger partial charge in [0.15, 0.2) is 0 Å². The van der Waals surface area contributed by atoms with Gasteiger partial charge in [-0.1, -0.05) is 11.8 Å². The summed E-state index contributed by atoms with van der Waals surface area (Å²) in [6.45, 7) is 0.140. The molecule has 25 heavy (non-hydrogen) atoms. The number of aromatic nitrogens is 2. The first-order valence-electron chi connectivity index (χ1n) is 7.46. The number of H-pyrrole nitrogens is 1. The molecule has 124 valence electrons. The molecule has 0 saturated carbocycles. The highest BCUT2D eigenvalue weighted by atomic mass is 19.1. The molecule has 6 heteroatoms. The summed E-state index contributed by atoms with van der Waals surface area (Å²) in [6.07, 6.45) is 0. The van der Waals surface area contributed by atoms with Crippen LogP contribution in [0.25, 0.3) is 11.3 Å². The average molecular weight is 337 g/mol. The predicted octanol–water partition coefficient (Wildman–Crippen LogP) is 3.14. The van der Waals surface area contributed by atoms with E-state index in [1.165, 1.54) is 24.3 Å². The maximum atomic E-state index is 12.9. The molecule has 3 aromatic rings. The van der Waals surface area contributed by atoms with Gasteiger partial charge >= 0.3 is 0 Å². The highest BCUT2D eigenvalue weighted by Gasteiger charge is 2.10. The summed E-state index contributed by atoms with van der Waals surface area (Å²) < 4.78 is 25.7. The van der Waals surface area contributed by atoms with Crippen LogP contribution in [0.5, 0.6) is 0 Å². The van der Waals surface area contributed by atoms with Crippen LogP contribution < -0.4 is 5.32 Å². The average Bonchev–Trinajstić information content (AvgIpc) is 3.11. The molecule has 4 nitrogen and oxygen atoms in total. The molecule has 2 N–H and O–H groups in total. The summed E-state index contributed by atoms with van der Waals surface area (Å²) in [6, 6.07) is 13.2. The standard InChI is InChI=1S/C19H13F2N3O/c20-15-7-3-13(4-8-15)2-1-11-22-19(25)18-12-17(23-24-18)14-5-9-16(21)10-6-14/h3-10,12H,11H2,(H,22,25)(H,23,24). The van der Waals surface area contributed by atoms with Crippen molar-refractivity contribution in [2.24, 2.45) is 0 Å². The van der Waals surface area contributed by atoms with Crippen LogP contribution in [0.2, 0.25) is 0 Å². The Balaban J connectivity index is 1.59. The SMILES string of the molecule is O=C(NCC#Cc1ccc(F)cc1)c1cc(-c2ccc(F)cc2)n[nH]1. The lowest BCUT2D eigenvalue weighted by molar-refractivity contribution is 0.0953. The number of hydrogen-bond acceptors (Lipinski definition) is 2. The largest absolute Gasteiger partial charge is 0.340 e. The van der Waals surface area contributed by atoms with Gasteiger partial charge in [-0.05, 0) is 54.6 Å². The highest BCUT2D eigenvalue weighted by Crippen LogP contribution is 2.17. The van der Waals surface area contributed by atoms with Crippen LogP contribution in [0.4, 0.5) is 8.78 Å². The van der Waals surface area contributed by atoms with Crippen molar-refractivity contribution >= 4 is 5.91 Å². The second kappa shape index (κ2) is 7.41. The number of rotatable bonds is 3. The third kappa shape index (κ3) is 4.30. The van der Waals surface area contributed by atoms with Crippen molar-refractivity contribution < 1.29 is 13.6 Å². The van der Waals surface area contributed by atoms with E-state index in [-0.39, 0.29) is 29.8 Å². The quantitative estimate of drug-likeness (QED) is 0.722. The first-order chi connectivity index (χ1) is 12.1. The first kappa shape index (κ1) is 16.4. The molecule has 0 radical (unpaired) electrons. The van der Waals surface area contributed by atoms with Gasteiger partial charge in [0.25, 0.3) is 5.91 Å². The zero-order chi connectivity index (χ0) is 17.6. The molecule has 3 rings (SSSR count). The third-order valence-electron chi connectivity index (χ3n) is 3.38. The number of amides is 1. The molecule has 0 unspecified atom stereocenters. The minimum absolute atomic E-state index is 0.140. The molecule has 0 atom stereocenters. The fourth-order valence-electron chi connectivity index (χ4n) is 2.11. The fourth-order valence-corrected chi connectivity index (χ4v) is 2.11. The molecule has 0 aliphatic heterocycles. The lowest BCUT2D eigenvalue weighted by atomic mass is 10.1. The summed E-state index contributed by atoms with van der Waals surface area (Å²) in [5.41, 5.74) is 2.19. The first-order valence-corrected chi connectivity index (χ1v) is 7.46. The second-order valence-corrected chi connectivity index (χ2v) is 5.17. The Hall–Kier alpha value is -3.46. The van der Waals surface area contributed by atoms with Gasteiger partial charge in [0.1, 0.15) is 17.3 Å². The van der Waals surface area contributed by atoms with E-state index in [2.05, 4.69) is 27.4 Å². The number of halogens is 2. The maximum absolute atomic E-state index is 12.9. The van der Waals surface area contributed by atoms with Crippen molar-refractivity contribution in [3.05, 3.63) is 77.5 Å². The Morgan fingerprint density at radius 3 is 2.36 bits per heavy atom. The molecule has 2 aromatic carbocycles. The number of nitrogens with one attached hydrogen (secondary N) is 2. The molecule has 0 aliphatic rings. The Labute approximate surface area is 142 Å². The second-order valence-electron chi connectivity index (χ2n) is 5.17. The van der Waals surface area contributed by atoms with E-state index in [0.717, 1.165) is 0 Å². The number of aromatic amines is 1. The van der Waals surface area contributed by atoms with Gasteiger partial charge in [-0.25, -0.2) is 8.78 Å². The molecular formula is C19H13F2N3O. The third-order valence-corrected chi connectivity index (χ3v) is 3.38. The van der Waals surface area contributed by atoms with E-state index in [9.17, 15) is 13.6 Å². The van der Waals surface area contributed by atoms with Crippen LogP contribution >= 0.6 is 0 Å². The zero-order valence-electron chi connectivity index (χ0n) is 13.0. The van der Waals surface area contributed by atoms with Gasteiger partial charge in [-0.15, -0.1) is 0 Å². The minimum Gasteiger partial charge on any atom is -0.340 e. The fraction of sp³-hybridized carbons (Fsp3) is 0.0526. The summed E-state index contributed by atoms with van der Waals surface area (Å²) in [5, 5.41) is 9.32. The van der Waals surface area contributed by atoms with Crippen LogP contribution in [0, 0.1) is 23.5 Å². The summed E-state index contributed by atoms with van der Waals surface area (Å²) >= 11 is 0. The van der Waals surface area contributed by atoms with E-state index in [1.807, 2.05) is 0 Å². The maximum Gasteiger partial charge on any atom is 0.270 e. The zero-order valence-corrected chi connectivity index (χ0v) is 13.0.